The Bertz CT molecular complexity index is 546. The minimum Gasteiger partial charge on any atom is -0.298 e. The maximum absolute atomic E-state index is 10.7. The second kappa shape index (κ2) is 4.22. The van der Waals surface area contributed by atoms with Crippen LogP contribution in [0.4, 0.5) is 0 Å². The fourth-order valence-electron chi connectivity index (χ4n) is 1.63. The third-order valence-electron chi connectivity index (χ3n) is 2.42. The van der Waals surface area contributed by atoms with Crippen molar-refractivity contribution in [2.24, 2.45) is 0 Å². The molecule has 0 amide bonds. The van der Waals surface area contributed by atoms with Crippen molar-refractivity contribution >= 4 is 22.2 Å². The number of halogens is 1. The van der Waals surface area contributed by atoms with Gasteiger partial charge in [0.25, 0.3) is 0 Å². The van der Waals surface area contributed by atoms with Gasteiger partial charge in [-0.1, -0.05) is 17.7 Å². The summed E-state index contributed by atoms with van der Waals surface area (Å²) in [5, 5.41) is 4.24. The Morgan fingerprint density at radius 3 is 2.69 bits per heavy atom. The molecule has 82 valence electrons. The van der Waals surface area contributed by atoms with Gasteiger partial charge in [-0.3, -0.25) is 4.79 Å². The second-order valence-electron chi connectivity index (χ2n) is 3.73. The Morgan fingerprint density at radius 2 is 2.12 bits per heavy atom. The van der Waals surface area contributed by atoms with Crippen LogP contribution in [-0.2, 0) is 0 Å². The highest BCUT2D eigenvalue weighted by Gasteiger charge is 2.08. The first-order valence-corrected chi connectivity index (χ1v) is 5.69. The van der Waals surface area contributed by atoms with Crippen molar-refractivity contribution in [3.63, 3.8) is 0 Å². The quantitative estimate of drug-likeness (QED) is 0.792. The van der Waals surface area contributed by atoms with E-state index in [1.807, 2.05) is 26.0 Å². The van der Waals surface area contributed by atoms with Crippen LogP contribution in [0.2, 0.25) is 0 Å². The molecular formula is C12H11BrN2O. The molecule has 0 aliphatic heterocycles. The second-order valence-corrected chi connectivity index (χ2v) is 4.48. The van der Waals surface area contributed by atoms with E-state index >= 15 is 0 Å². The lowest BCUT2D eigenvalue weighted by molar-refractivity contribution is 0.112. The van der Waals surface area contributed by atoms with Gasteiger partial charge in [0.15, 0.2) is 6.29 Å². The monoisotopic (exact) mass is 278 g/mol. The zero-order valence-electron chi connectivity index (χ0n) is 9.07. The van der Waals surface area contributed by atoms with E-state index in [0.29, 0.717) is 10.2 Å². The number of aldehydes is 1. The maximum atomic E-state index is 10.7. The Morgan fingerprint density at radius 1 is 1.38 bits per heavy atom. The summed E-state index contributed by atoms with van der Waals surface area (Å²) in [5.74, 6) is 0. The zero-order chi connectivity index (χ0) is 11.7. The fraction of sp³-hybridized carbons (Fsp3) is 0.167. The minimum absolute atomic E-state index is 0.556. The number of aromatic nitrogens is 2. The molecule has 0 N–H and O–H groups in total. The molecule has 0 fully saturated rings. The van der Waals surface area contributed by atoms with E-state index < -0.39 is 0 Å². The van der Waals surface area contributed by atoms with Crippen molar-refractivity contribution < 1.29 is 4.79 Å². The summed E-state index contributed by atoms with van der Waals surface area (Å²) in [4.78, 5) is 10.7. The van der Waals surface area contributed by atoms with Gasteiger partial charge in [-0.15, -0.1) is 0 Å². The van der Waals surface area contributed by atoms with E-state index in [9.17, 15) is 4.79 Å². The van der Waals surface area contributed by atoms with E-state index in [-0.39, 0.29) is 0 Å². The summed E-state index contributed by atoms with van der Waals surface area (Å²) in [6, 6.07) is 6.11. The van der Waals surface area contributed by atoms with E-state index in [1.165, 1.54) is 5.56 Å². The summed E-state index contributed by atoms with van der Waals surface area (Å²) < 4.78 is 2.28. The average Bonchev–Trinajstić information content (AvgIpc) is 2.59. The number of carbonyl (C=O) groups is 1. The third kappa shape index (κ3) is 1.93. The topological polar surface area (TPSA) is 34.9 Å². The zero-order valence-corrected chi connectivity index (χ0v) is 10.7. The number of hydrogen-bond acceptors (Lipinski definition) is 2. The van der Waals surface area contributed by atoms with Gasteiger partial charge in [-0.05, 0) is 41.4 Å². The van der Waals surface area contributed by atoms with Gasteiger partial charge in [0.2, 0.25) is 0 Å². The molecule has 0 aliphatic rings. The van der Waals surface area contributed by atoms with Crippen LogP contribution >= 0.6 is 15.9 Å². The van der Waals surface area contributed by atoms with Crippen molar-refractivity contribution in [1.82, 2.24) is 9.78 Å². The van der Waals surface area contributed by atoms with Gasteiger partial charge in [0.1, 0.15) is 4.60 Å². The van der Waals surface area contributed by atoms with Gasteiger partial charge in [-0.2, -0.15) is 5.10 Å². The van der Waals surface area contributed by atoms with Crippen molar-refractivity contribution in [3.8, 4) is 5.69 Å². The van der Waals surface area contributed by atoms with Gasteiger partial charge in [-0.25, -0.2) is 4.68 Å². The number of nitrogens with zero attached hydrogens (tertiary/aromatic N) is 2. The third-order valence-corrected chi connectivity index (χ3v) is 3.04. The van der Waals surface area contributed by atoms with Crippen LogP contribution in [0.3, 0.4) is 0 Å². The van der Waals surface area contributed by atoms with E-state index in [0.717, 1.165) is 17.5 Å². The summed E-state index contributed by atoms with van der Waals surface area (Å²) in [6.07, 6.45) is 2.51. The molecule has 1 aromatic heterocycles. The highest BCUT2D eigenvalue weighted by molar-refractivity contribution is 9.10. The van der Waals surface area contributed by atoms with Crippen LogP contribution in [0.25, 0.3) is 5.69 Å². The highest BCUT2D eigenvalue weighted by Crippen LogP contribution is 2.19. The lowest BCUT2D eigenvalue weighted by atomic mass is 10.1. The molecule has 0 spiro atoms. The number of rotatable bonds is 2. The van der Waals surface area contributed by atoms with Crippen LogP contribution in [0.15, 0.2) is 29.0 Å². The molecule has 0 saturated heterocycles. The number of hydrogen-bond donors (Lipinski definition) is 0. The van der Waals surface area contributed by atoms with Crippen LogP contribution in [0.5, 0.6) is 0 Å². The minimum atomic E-state index is 0.556. The molecular weight excluding hydrogens is 268 g/mol. The summed E-state index contributed by atoms with van der Waals surface area (Å²) >= 11 is 3.25. The Labute approximate surface area is 102 Å². The molecule has 0 aliphatic carbocycles. The van der Waals surface area contributed by atoms with Crippen LogP contribution in [0.1, 0.15) is 21.5 Å². The number of carbonyl (C=O) groups excluding carboxylic acids is 1. The van der Waals surface area contributed by atoms with E-state index in [4.69, 9.17) is 0 Å². The predicted molar refractivity (Wildman–Crippen MR) is 66.1 cm³/mol. The van der Waals surface area contributed by atoms with Gasteiger partial charge in [0.05, 0.1) is 11.3 Å². The lowest BCUT2D eigenvalue weighted by Gasteiger charge is -2.06. The Balaban J connectivity index is 2.54. The highest BCUT2D eigenvalue weighted by atomic mass is 79.9. The summed E-state index contributed by atoms with van der Waals surface area (Å²) in [7, 11) is 0. The Hall–Kier alpha value is -1.42. The first-order chi connectivity index (χ1) is 7.61. The van der Waals surface area contributed by atoms with E-state index in [2.05, 4.69) is 27.1 Å². The molecule has 0 bridgehead atoms. The van der Waals surface area contributed by atoms with Crippen molar-refractivity contribution in [1.29, 1.82) is 0 Å². The number of aryl methyl sites for hydroxylation is 2. The van der Waals surface area contributed by atoms with Crippen LogP contribution < -0.4 is 0 Å². The first-order valence-electron chi connectivity index (χ1n) is 4.90. The Kier molecular flexibility index (Phi) is 2.92. The molecule has 1 aromatic carbocycles. The molecule has 16 heavy (non-hydrogen) atoms. The molecule has 3 nitrogen and oxygen atoms in total. The fourth-order valence-corrected chi connectivity index (χ4v) is 2.00. The normalized spacial score (nSPS) is 10.4. The molecule has 0 unspecified atom stereocenters. The van der Waals surface area contributed by atoms with E-state index in [1.54, 1.807) is 10.9 Å². The number of benzene rings is 1. The molecule has 2 rings (SSSR count). The van der Waals surface area contributed by atoms with Gasteiger partial charge in [0, 0.05) is 6.20 Å². The predicted octanol–water partition coefficient (Wildman–Crippen LogP) is 3.06. The van der Waals surface area contributed by atoms with Crippen molar-refractivity contribution in [3.05, 3.63) is 45.7 Å². The molecule has 0 radical (unpaired) electrons. The molecule has 4 heteroatoms. The molecule has 1 heterocycles. The molecule has 2 aromatic rings. The summed E-state index contributed by atoms with van der Waals surface area (Å²) in [5.41, 5.74) is 3.88. The van der Waals surface area contributed by atoms with Crippen molar-refractivity contribution in [2.75, 3.05) is 0 Å². The van der Waals surface area contributed by atoms with Crippen molar-refractivity contribution in [2.45, 2.75) is 13.8 Å². The largest absolute Gasteiger partial charge is 0.298 e. The molecule has 0 saturated carbocycles. The summed E-state index contributed by atoms with van der Waals surface area (Å²) in [6.45, 7) is 4.07. The SMILES string of the molecule is Cc1ccc(-n2cc(C=O)c(Br)n2)c(C)c1. The maximum Gasteiger partial charge on any atom is 0.154 e. The average molecular weight is 279 g/mol. The van der Waals surface area contributed by atoms with Crippen LogP contribution in [0, 0.1) is 13.8 Å². The smallest absolute Gasteiger partial charge is 0.154 e. The lowest BCUT2D eigenvalue weighted by Crippen LogP contribution is -1.97. The van der Waals surface area contributed by atoms with Gasteiger partial charge < -0.3 is 0 Å². The first kappa shape index (κ1) is 11.1. The van der Waals surface area contributed by atoms with Gasteiger partial charge >= 0.3 is 0 Å². The van der Waals surface area contributed by atoms with Crippen LogP contribution in [-0.4, -0.2) is 16.1 Å². The standard InChI is InChI=1S/C12H11BrN2O/c1-8-3-4-11(9(2)5-8)15-6-10(7-16)12(13)14-15/h3-7H,1-2H3. The molecule has 0 atom stereocenters.